The van der Waals surface area contributed by atoms with Crippen LogP contribution in [0.4, 0.5) is 13.2 Å². The maximum absolute atomic E-state index is 11.9. The number of alkyl halides is 3. The molecule has 0 unspecified atom stereocenters. The standard InChI is InChI=1S/C7H12F3NO/c1-4(2)6(12)11-5(3)7(8,9)10/h4-5H,1-3H3,(H,11,12)/t5-/m1/s1. The number of amides is 1. The summed E-state index contributed by atoms with van der Waals surface area (Å²) in [6.07, 6.45) is -4.36. The first kappa shape index (κ1) is 11.3. The van der Waals surface area contributed by atoms with E-state index in [9.17, 15) is 18.0 Å². The predicted octanol–water partition coefficient (Wildman–Crippen LogP) is 1.71. The first-order valence-corrected chi connectivity index (χ1v) is 3.62. The summed E-state index contributed by atoms with van der Waals surface area (Å²) in [5.74, 6) is -1.00. The summed E-state index contributed by atoms with van der Waals surface area (Å²) in [6.45, 7) is 4.00. The fraction of sp³-hybridized carbons (Fsp3) is 0.857. The van der Waals surface area contributed by atoms with E-state index in [2.05, 4.69) is 0 Å². The molecule has 12 heavy (non-hydrogen) atoms. The molecule has 0 bridgehead atoms. The van der Waals surface area contributed by atoms with Crippen LogP contribution in [0.1, 0.15) is 20.8 Å². The molecule has 0 spiro atoms. The lowest BCUT2D eigenvalue weighted by molar-refractivity contribution is -0.159. The highest BCUT2D eigenvalue weighted by molar-refractivity contribution is 5.78. The Bertz CT molecular complexity index is 165. The van der Waals surface area contributed by atoms with Gasteiger partial charge in [-0.05, 0) is 6.92 Å². The van der Waals surface area contributed by atoms with E-state index in [1.165, 1.54) is 0 Å². The number of rotatable bonds is 2. The molecule has 0 aliphatic heterocycles. The van der Waals surface area contributed by atoms with Gasteiger partial charge in [-0.25, -0.2) is 0 Å². The van der Waals surface area contributed by atoms with Crippen molar-refractivity contribution in [1.82, 2.24) is 5.32 Å². The Balaban J connectivity index is 4.02. The summed E-state index contributed by atoms with van der Waals surface area (Å²) in [6, 6.07) is -1.77. The summed E-state index contributed by atoms with van der Waals surface area (Å²) in [4.78, 5) is 10.8. The molecule has 2 nitrogen and oxygen atoms in total. The van der Waals surface area contributed by atoms with Gasteiger partial charge in [0.25, 0.3) is 0 Å². The van der Waals surface area contributed by atoms with Crippen LogP contribution in [-0.2, 0) is 4.79 Å². The minimum absolute atomic E-state index is 0.421. The number of carbonyl (C=O) groups excluding carboxylic acids is 1. The number of nitrogens with one attached hydrogen (secondary N) is 1. The van der Waals surface area contributed by atoms with Gasteiger partial charge in [-0.2, -0.15) is 13.2 Å². The predicted molar refractivity (Wildman–Crippen MR) is 38.5 cm³/mol. The molecule has 1 atom stereocenters. The fourth-order valence-electron chi connectivity index (χ4n) is 0.462. The molecule has 0 heterocycles. The second kappa shape index (κ2) is 3.78. The van der Waals surface area contributed by atoms with Gasteiger partial charge in [0.05, 0.1) is 0 Å². The maximum Gasteiger partial charge on any atom is 0.408 e. The number of halogens is 3. The molecule has 72 valence electrons. The molecule has 0 aromatic carbocycles. The van der Waals surface area contributed by atoms with Gasteiger partial charge in [-0.15, -0.1) is 0 Å². The molecular weight excluding hydrogens is 171 g/mol. The summed E-state index contributed by atoms with van der Waals surface area (Å²) in [5, 5.41) is 1.86. The maximum atomic E-state index is 11.9. The lowest BCUT2D eigenvalue weighted by Crippen LogP contribution is -2.44. The Labute approximate surface area is 69.1 Å². The van der Waals surface area contributed by atoms with Crippen molar-refractivity contribution >= 4 is 5.91 Å². The van der Waals surface area contributed by atoms with Crippen molar-refractivity contribution in [2.45, 2.75) is 33.0 Å². The third-order valence-corrected chi connectivity index (χ3v) is 1.37. The molecule has 0 rings (SSSR count). The first-order chi connectivity index (χ1) is 5.25. The average Bonchev–Trinajstić information content (AvgIpc) is 1.85. The lowest BCUT2D eigenvalue weighted by Gasteiger charge is -2.18. The second-order valence-electron chi connectivity index (χ2n) is 2.93. The van der Waals surface area contributed by atoms with Crippen molar-refractivity contribution < 1.29 is 18.0 Å². The third kappa shape index (κ3) is 3.59. The summed E-state index contributed by atoms with van der Waals surface area (Å²) >= 11 is 0. The van der Waals surface area contributed by atoms with E-state index >= 15 is 0 Å². The van der Waals surface area contributed by atoms with E-state index in [-0.39, 0.29) is 0 Å². The first-order valence-electron chi connectivity index (χ1n) is 3.62. The molecule has 0 fully saturated rings. The second-order valence-corrected chi connectivity index (χ2v) is 2.93. The Hall–Kier alpha value is -0.740. The molecule has 0 aromatic rings. The highest BCUT2D eigenvalue weighted by atomic mass is 19.4. The van der Waals surface area contributed by atoms with Crippen molar-refractivity contribution in [2.75, 3.05) is 0 Å². The van der Waals surface area contributed by atoms with E-state index in [1.54, 1.807) is 13.8 Å². The van der Waals surface area contributed by atoms with Crippen LogP contribution < -0.4 is 5.32 Å². The molecule has 0 aliphatic carbocycles. The molecule has 0 aliphatic rings. The van der Waals surface area contributed by atoms with Crippen molar-refractivity contribution in [3.05, 3.63) is 0 Å². The molecule has 0 aromatic heterocycles. The zero-order valence-corrected chi connectivity index (χ0v) is 7.20. The van der Waals surface area contributed by atoms with Gasteiger partial charge in [0.1, 0.15) is 6.04 Å². The molecule has 0 saturated carbocycles. The summed E-state index contributed by atoms with van der Waals surface area (Å²) in [5.41, 5.74) is 0. The van der Waals surface area contributed by atoms with Gasteiger partial charge in [0, 0.05) is 5.92 Å². The largest absolute Gasteiger partial charge is 0.408 e. The van der Waals surface area contributed by atoms with Crippen LogP contribution in [0, 0.1) is 5.92 Å². The molecule has 1 amide bonds. The van der Waals surface area contributed by atoms with Crippen LogP contribution in [0.25, 0.3) is 0 Å². The van der Waals surface area contributed by atoms with Gasteiger partial charge in [-0.1, -0.05) is 13.8 Å². The van der Waals surface area contributed by atoms with Crippen molar-refractivity contribution in [2.24, 2.45) is 5.92 Å². The smallest absolute Gasteiger partial charge is 0.344 e. The van der Waals surface area contributed by atoms with Gasteiger partial charge < -0.3 is 5.32 Å². The topological polar surface area (TPSA) is 29.1 Å². The number of hydrogen-bond acceptors (Lipinski definition) is 1. The van der Waals surface area contributed by atoms with E-state index in [0.29, 0.717) is 0 Å². The molecular formula is C7H12F3NO. The summed E-state index contributed by atoms with van der Waals surface area (Å²) < 4.78 is 35.6. The van der Waals surface area contributed by atoms with Crippen molar-refractivity contribution in [3.8, 4) is 0 Å². The average molecular weight is 183 g/mol. The van der Waals surface area contributed by atoms with Crippen LogP contribution >= 0.6 is 0 Å². The Kier molecular flexibility index (Phi) is 3.55. The number of hydrogen-bond donors (Lipinski definition) is 1. The van der Waals surface area contributed by atoms with Crippen molar-refractivity contribution in [1.29, 1.82) is 0 Å². The Morgan fingerprint density at radius 2 is 1.67 bits per heavy atom. The van der Waals surface area contributed by atoms with Gasteiger partial charge in [0.15, 0.2) is 0 Å². The van der Waals surface area contributed by atoms with Crippen molar-refractivity contribution in [3.63, 3.8) is 0 Å². The van der Waals surface area contributed by atoms with E-state index in [4.69, 9.17) is 0 Å². The highest BCUT2D eigenvalue weighted by Crippen LogP contribution is 2.19. The molecule has 1 N–H and O–H groups in total. The molecule has 5 heteroatoms. The molecule has 0 saturated heterocycles. The van der Waals surface area contributed by atoms with E-state index in [0.717, 1.165) is 6.92 Å². The zero-order chi connectivity index (χ0) is 9.94. The molecule has 0 radical (unpaired) electrons. The number of carbonyl (C=O) groups is 1. The van der Waals surface area contributed by atoms with Gasteiger partial charge in [-0.3, -0.25) is 4.79 Å². The monoisotopic (exact) mass is 183 g/mol. The minimum atomic E-state index is -4.36. The lowest BCUT2D eigenvalue weighted by atomic mass is 10.2. The Morgan fingerprint density at radius 3 is 1.92 bits per heavy atom. The van der Waals surface area contributed by atoms with E-state index in [1.807, 2.05) is 5.32 Å². The van der Waals surface area contributed by atoms with Crippen LogP contribution in [0.5, 0.6) is 0 Å². The van der Waals surface area contributed by atoms with Crippen LogP contribution in [0.15, 0.2) is 0 Å². The van der Waals surface area contributed by atoms with Crippen LogP contribution in [0.3, 0.4) is 0 Å². The normalized spacial score (nSPS) is 14.6. The highest BCUT2D eigenvalue weighted by Gasteiger charge is 2.37. The SMILES string of the molecule is CC(C)C(=O)N[C@H](C)C(F)(F)F. The quantitative estimate of drug-likeness (QED) is 0.693. The van der Waals surface area contributed by atoms with Crippen LogP contribution in [-0.4, -0.2) is 18.1 Å². The van der Waals surface area contributed by atoms with Gasteiger partial charge in [0.2, 0.25) is 5.91 Å². The minimum Gasteiger partial charge on any atom is -0.344 e. The van der Waals surface area contributed by atoms with Gasteiger partial charge >= 0.3 is 6.18 Å². The van der Waals surface area contributed by atoms with Crippen LogP contribution in [0.2, 0.25) is 0 Å². The zero-order valence-electron chi connectivity index (χ0n) is 7.20. The Morgan fingerprint density at radius 1 is 1.25 bits per heavy atom. The fourth-order valence-corrected chi connectivity index (χ4v) is 0.462. The summed E-state index contributed by atoms with van der Waals surface area (Å²) in [7, 11) is 0. The van der Waals surface area contributed by atoms with E-state index < -0.39 is 24.0 Å². The third-order valence-electron chi connectivity index (χ3n) is 1.37.